The van der Waals surface area contributed by atoms with Crippen LogP contribution in [0.3, 0.4) is 0 Å². The molecule has 0 saturated carbocycles. The summed E-state index contributed by atoms with van der Waals surface area (Å²) < 4.78 is 5.05. The third-order valence-electron chi connectivity index (χ3n) is 2.28. The van der Waals surface area contributed by atoms with E-state index >= 15 is 0 Å². The number of aromatic nitrogens is 1. The Bertz CT molecular complexity index is 474. The second kappa shape index (κ2) is 7.87. The molecular formula is C14H20N2O4S. The first kappa shape index (κ1) is 17.3. The van der Waals surface area contributed by atoms with Gasteiger partial charge in [0.15, 0.2) is 0 Å². The van der Waals surface area contributed by atoms with Crippen LogP contribution in [0.4, 0.5) is 4.79 Å². The summed E-state index contributed by atoms with van der Waals surface area (Å²) in [4.78, 5) is 26.9. The smallest absolute Gasteiger partial charge is 0.408 e. The lowest BCUT2D eigenvalue weighted by atomic mass is 10.2. The molecule has 0 unspecified atom stereocenters. The Kier molecular flexibility index (Phi) is 6.48. The van der Waals surface area contributed by atoms with Gasteiger partial charge in [0.25, 0.3) is 0 Å². The molecule has 0 aliphatic heterocycles. The number of hydrogen-bond acceptors (Lipinski definition) is 5. The summed E-state index contributed by atoms with van der Waals surface area (Å²) in [5.74, 6) is -0.550. The second-order valence-electron chi connectivity index (χ2n) is 5.34. The number of carboxylic acid groups (broad SMARTS) is 1. The monoisotopic (exact) mass is 312 g/mol. The van der Waals surface area contributed by atoms with Crippen LogP contribution in [-0.2, 0) is 9.53 Å². The van der Waals surface area contributed by atoms with E-state index in [9.17, 15) is 9.59 Å². The van der Waals surface area contributed by atoms with Crippen LogP contribution in [0, 0.1) is 0 Å². The van der Waals surface area contributed by atoms with Crippen molar-refractivity contribution in [2.75, 3.05) is 5.75 Å². The highest BCUT2D eigenvalue weighted by atomic mass is 32.2. The van der Waals surface area contributed by atoms with E-state index in [1.165, 1.54) is 11.8 Å². The zero-order valence-corrected chi connectivity index (χ0v) is 13.1. The van der Waals surface area contributed by atoms with Crippen molar-refractivity contribution in [1.82, 2.24) is 10.3 Å². The molecule has 1 aromatic heterocycles. The molecule has 1 heterocycles. The summed E-state index contributed by atoms with van der Waals surface area (Å²) >= 11 is 1.44. The van der Waals surface area contributed by atoms with Gasteiger partial charge in [0.05, 0.1) is 5.03 Å². The lowest BCUT2D eigenvalue weighted by molar-refractivity contribution is -0.139. The zero-order valence-electron chi connectivity index (χ0n) is 12.3. The van der Waals surface area contributed by atoms with Gasteiger partial charge in [0.2, 0.25) is 0 Å². The molecule has 0 spiro atoms. The quantitative estimate of drug-likeness (QED) is 0.785. The Morgan fingerprint density at radius 2 is 2.14 bits per heavy atom. The van der Waals surface area contributed by atoms with Gasteiger partial charge in [-0.1, -0.05) is 6.07 Å². The van der Waals surface area contributed by atoms with Crippen molar-refractivity contribution in [2.45, 2.75) is 43.9 Å². The largest absolute Gasteiger partial charge is 0.480 e. The Morgan fingerprint density at radius 1 is 1.43 bits per heavy atom. The number of nitrogens with zero attached hydrogens (tertiary/aromatic N) is 1. The lowest BCUT2D eigenvalue weighted by Gasteiger charge is -2.21. The van der Waals surface area contributed by atoms with Crippen molar-refractivity contribution >= 4 is 23.8 Å². The predicted molar refractivity (Wildman–Crippen MR) is 80.4 cm³/mol. The number of thioether (sulfide) groups is 1. The molecule has 0 aliphatic rings. The maximum atomic E-state index is 11.6. The number of amides is 1. The van der Waals surface area contributed by atoms with E-state index < -0.39 is 23.7 Å². The molecule has 0 bridgehead atoms. The lowest BCUT2D eigenvalue weighted by Crippen LogP contribution is -2.43. The highest BCUT2D eigenvalue weighted by Crippen LogP contribution is 2.16. The zero-order chi connectivity index (χ0) is 15.9. The Hall–Kier alpha value is -1.76. The SMILES string of the molecule is CC(C)(C)OC(=O)N[C@@H](CCSc1ccccn1)C(=O)O. The highest BCUT2D eigenvalue weighted by molar-refractivity contribution is 7.99. The van der Waals surface area contributed by atoms with E-state index in [2.05, 4.69) is 10.3 Å². The number of aliphatic carboxylic acids is 1. The molecule has 1 atom stereocenters. The van der Waals surface area contributed by atoms with Crippen LogP contribution in [0.2, 0.25) is 0 Å². The molecule has 0 fully saturated rings. The van der Waals surface area contributed by atoms with Gasteiger partial charge >= 0.3 is 12.1 Å². The fraction of sp³-hybridized carbons (Fsp3) is 0.500. The molecule has 2 N–H and O–H groups in total. The van der Waals surface area contributed by atoms with E-state index in [1.54, 1.807) is 27.0 Å². The van der Waals surface area contributed by atoms with E-state index in [4.69, 9.17) is 9.84 Å². The van der Waals surface area contributed by atoms with Crippen molar-refractivity contribution in [3.63, 3.8) is 0 Å². The van der Waals surface area contributed by atoms with Crippen LogP contribution < -0.4 is 5.32 Å². The van der Waals surface area contributed by atoms with Gasteiger partial charge < -0.3 is 15.2 Å². The number of ether oxygens (including phenoxy) is 1. The van der Waals surface area contributed by atoms with Crippen LogP contribution >= 0.6 is 11.8 Å². The molecule has 0 saturated heterocycles. The van der Waals surface area contributed by atoms with Crippen molar-refractivity contribution in [3.8, 4) is 0 Å². The van der Waals surface area contributed by atoms with Gasteiger partial charge in [-0.3, -0.25) is 0 Å². The fourth-order valence-corrected chi connectivity index (χ4v) is 2.29. The van der Waals surface area contributed by atoms with Crippen LogP contribution in [-0.4, -0.2) is 39.5 Å². The number of rotatable bonds is 6. The summed E-state index contributed by atoms with van der Waals surface area (Å²) in [6.07, 6.45) is 1.24. The first-order chi connectivity index (χ1) is 9.78. The maximum absolute atomic E-state index is 11.6. The topological polar surface area (TPSA) is 88.5 Å². The summed E-state index contributed by atoms with van der Waals surface area (Å²) in [5, 5.41) is 12.3. The third kappa shape index (κ3) is 7.55. The van der Waals surface area contributed by atoms with Gasteiger partial charge in [0.1, 0.15) is 11.6 Å². The molecule has 6 nitrogen and oxygen atoms in total. The second-order valence-corrected chi connectivity index (χ2v) is 6.46. The number of alkyl carbamates (subject to hydrolysis) is 1. The average Bonchev–Trinajstić information content (AvgIpc) is 2.36. The number of carbonyl (C=O) groups is 2. The van der Waals surface area contributed by atoms with Crippen molar-refractivity contribution in [3.05, 3.63) is 24.4 Å². The van der Waals surface area contributed by atoms with E-state index in [1.807, 2.05) is 18.2 Å². The first-order valence-electron chi connectivity index (χ1n) is 6.54. The Labute approximate surface area is 128 Å². The summed E-state index contributed by atoms with van der Waals surface area (Å²) in [5.41, 5.74) is -0.657. The minimum absolute atomic E-state index is 0.288. The summed E-state index contributed by atoms with van der Waals surface area (Å²) in [6, 6.07) is 4.55. The molecule has 116 valence electrons. The van der Waals surface area contributed by atoms with Gasteiger partial charge in [0, 0.05) is 11.9 Å². The van der Waals surface area contributed by atoms with Crippen LogP contribution in [0.5, 0.6) is 0 Å². The summed E-state index contributed by atoms with van der Waals surface area (Å²) in [7, 11) is 0. The van der Waals surface area contributed by atoms with Crippen molar-refractivity contribution < 1.29 is 19.4 Å². The number of carboxylic acids is 1. The number of pyridine rings is 1. The van der Waals surface area contributed by atoms with Gasteiger partial charge in [-0.05, 0) is 39.3 Å². The van der Waals surface area contributed by atoms with Crippen LogP contribution in [0.1, 0.15) is 27.2 Å². The number of hydrogen-bond donors (Lipinski definition) is 2. The molecule has 21 heavy (non-hydrogen) atoms. The Balaban J connectivity index is 2.43. The molecule has 0 aromatic carbocycles. The molecule has 1 rings (SSSR count). The normalized spacial score (nSPS) is 12.5. The van der Waals surface area contributed by atoms with Gasteiger partial charge in [-0.15, -0.1) is 11.8 Å². The predicted octanol–water partition coefficient (Wildman–Crippen LogP) is 2.54. The first-order valence-corrected chi connectivity index (χ1v) is 7.52. The highest BCUT2D eigenvalue weighted by Gasteiger charge is 2.23. The van der Waals surface area contributed by atoms with Crippen LogP contribution in [0.15, 0.2) is 29.4 Å². The third-order valence-corrected chi connectivity index (χ3v) is 3.26. The van der Waals surface area contributed by atoms with Crippen molar-refractivity contribution in [1.29, 1.82) is 0 Å². The molecule has 1 aromatic rings. The average molecular weight is 312 g/mol. The van der Waals surface area contributed by atoms with Crippen LogP contribution in [0.25, 0.3) is 0 Å². The minimum atomic E-state index is -1.08. The number of nitrogens with one attached hydrogen (secondary N) is 1. The van der Waals surface area contributed by atoms with E-state index in [0.717, 1.165) is 5.03 Å². The Morgan fingerprint density at radius 3 is 2.67 bits per heavy atom. The standard InChI is InChI=1S/C14H20N2O4S/c1-14(2,3)20-13(19)16-10(12(17)18)7-9-21-11-6-4-5-8-15-11/h4-6,8,10H,7,9H2,1-3H3,(H,16,19)(H,17,18)/t10-/m0/s1. The maximum Gasteiger partial charge on any atom is 0.408 e. The van der Waals surface area contributed by atoms with E-state index in [0.29, 0.717) is 5.75 Å². The van der Waals surface area contributed by atoms with Gasteiger partial charge in [-0.25, -0.2) is 14.6 Å². The van der Waals surface area contributed by atoms with Gasteiger partial charge in [-0.2, -0.15) is 0 Å². The minimum Gasteiger partial charge on any atom is -0.480 e. The van der Waals surface area contributed by atoms with E-state index in [-0.39, 0.29) is 6.42 Å². The fourth-order valence-electron chi connectivity index (χ4n) is 1.42. The summed E-state index contributed by atoms with van der Waals surface area (Å²) in [6.45, 7) is 5.16. The number of carbonyl (C=O) groups excluding carboxylic acids is 1. The molecule has 0 aliphatic carbocycles. The molecule has 0 radical (unpaired) electrons. The molecular weight excluding hydrogens is 292 g/mol. The molecule has 1 amide bonds. The molecule has 7 heteroatoms. The van der Waals surface area contributed by atoms with Crippen molar-refractivity contribution in [2.24, 2.45) is 0 Å².